The van der Waals surface area contributed by atoms with E-state index in [1.807, 2.05) is 52.0 Å². The summed E-state index contributed by atoms with van der Waals surface area (Å²) < 4.78 is 0. The Morgan fingerprint density at radius 2 is 1.86 bits per heavy atom. The number of fused-ring (bicyclic) bond motifs is 1. The van der Waals surface area contributed by atoms with Gasteiger partial charge in [-0.1, -0.05) is 54.2 Å². The molecule has 28 heavy (non-hydrogen) atoms. The lowest BCUT2D eigenvalue weighted by Gasteiger charge is -2.17. The van der Waals surface area contributed by atoms with Gasteiger partial charge in [0.2, 0.25) is 5.91 Å². The molecule has 1 atom stereocenters. The summed E-state index contributed by atoms with van der Waals surface area (Å²) in [6.45, 7) is 7.81. The molecule has 1 unspecified atom stereocenters. The van der Waals surface area contributed by atoms with Gasteiger partial charge in [-0.05, 0) is 55.2 Å². The van der Waals surface area contributed by atoms with Gasteiger partial charge in [0, 0.05) is 5.69 Å². The van der Waals surface area contributed by atoms with Gasteiger partial charge in [0.05, 0.1) is 17.4 Å². The van der Waals surface area contributed by atoms with Crippen LogP contribution < -0.4 is 5.32 Å². The minimum absolute atomic E-state index is 0.0768. The summed E-state index contributed by atoms with van der Waals surface area (Å²) >= 11 is 1.31. The third-order valence-corrected chi connectivity index (χ3v) is 6.06. The van der Waals surface area contributed by atoms with Crippen molar-refractivity contribution in [3.8, 4) is 6.07 Å². The second-order valence-corrected chi connectivity index (χ2v) is 7.85. The van der Waals surface area contributed by atoms with E-state index in [-0.39, 0.29) is 17.7 Å². The molecule has 3 aromatic rings. The quantitative estimate of drug-likeness (QED) is 0.624. The van der Waals surface area contributed by atoms with Crippen molar-refractivity contribution in [2.75, 3.05) is 5.75 Å². The molecule has 1 N–H and O–H groups in total. The lowest BCUT2D eigenvalue weighted by Crippen LogP contribution is -2.28. The fourth-order valence-corrected chi connectivity index (χ4v) is 4.17. The van der Waals surface area contributed by atoms with Crippen LogP contribution in [0.4, 0.5) is 0 Å². The van der Waals surface area contributed by atoms with Crippen molar-refractivity contribution in [2.45, 2.75) is 38.8 Å². The molecule has 4 nitrogen and oxygen atoms in total. The predicted octanol–water partition coefficient (Wildman–Crippen LogP) is 5.00. The zero-order chi connectivity index (χ0) is 20.3. The third-order valence-electron chi connectivity index (χ3n) is 5.08. The molecular formula is C23H23N3OS. The number of carbonyl (C=O) groups is 1. The van der Waals surface area contributed by atoms with Crippen LogP contribution in [0.5, 0.6) is 0 Å². The van der Waals surface area contributed by atoms with Crippen LogP contribution in [0.15, 0.2) is 47.5 Å². The summed E-state index contributed by atoms with van der Waals surface area (Å²) in [5, 5.41) is 15.5. The van der Waals surface area contributed by atoms with Crippen LogP contribution in [0.3, 0.4) is 0 Å². The second-order valence-electron chi connectivity index (χ2n) is 6.89. The summed E-state index contributed by atoms with van der Waals surface area (Å²) in [7, 11) is 0. The molecule has 0 spiro atoms. The maximum Gasteiger partial charge on any atom is 0.230 e. The highest BCUT2D eigenvalue weighted by molar-refractivity contribution is 8.00. The standard InChI is InChI=1S/C23H23N3OS/c1-14-15(2)21(12-24)23(26-16(14)3)28-13-22(27)25-17(4)19-11-7-9-18-8-5-6-10-20(18)19/h5-11,17H,13H2,1-4H3,(H,25,27). The van der Waals surface area contributed by atoms with Gasteiger partial charge in [-0.15, -0.1) is 0 Å². The molecule has 0 fully saturated rings. The Bertz CT molecular complexity index is 1080. The van der Waals surface area contributed by atoms with E-state index in [2.05, 4.69) is 34.6 Å². The molecule has 0 radical (unpaired) electrons. The van der Waals surface area contributed by atoms with Gasteiger partial charge in [-0.2, -0.15) is 5.26 Å². The van der Waals surface area contributed by atoms with Crippen LogP contribution in [0.1, 0.15) is 40.9 Å². The van der Waals surface area contributed by atoms with E-state index in [1.165, 1.54) is 11.8 Å². The molecule has 1 amide bonds. The Balaban J connectivity index is 1.72. The molecule has 0 aliphatic carbocycles. The highest BCUT2D eigenvalue weighted by Crippen LogP contribution is 2.27. The number of rotatable bonds is 5. The van der Waals surface area contributed by atoms with Crippen molar-refractivity contribution < 1.29 is 4.79 Å². The van der Waals surface area contributed by atoms with Crippen molar-refractivity contribution in [3.05, 3.63) is 70.4 Å². The number of nitriles is 1. The van der Waals surface area contributed by atoms with Crippen LogP contribution in [0, 0.1) is 32.1 Å². The molecule has 0 bridgehead atoms. The van der Waals surface area contributed by atoms with Crippen LogP contribution in [0.2, 0.25) is 0 Å². The first-order chi connectivity index (χ1) is 13.4. The molecule has 1 aromatic heterocycles. The first-order valence-electron chi connectivity index (χ1n) is 9.20. The number of pyridine rings is 1. The Hall–Kier alpha value is -2.84. The number of thioether (sulfide) groups is 1. The average molecular weight is 390 g/mol. The molecule has 0 saturated heterocycles. The molecule has 0 saturated carbocycles. The maximum absolute atomic E-state index is 12.5. The highest BCUT2D eigenvalue weighted by atomic mass is 32.2. The van der Waals surface area contributed by atoms with Gasteiger partial charge >= 0.3 is 0 Å². The molecular weight excluding hydrogens is 366 g/mol. The van der Waals surface area contributed by atoms with E-state index >= 15 is 0 Å². The molecule has 1 heterocycles. The van der Waals surface area contributed by atoms with Crippen LogP contribution in [-0.2, 0) is 4.79 Å². The minimum atomic E-state index is -0.107. The van der Waals surface area contributed by atoms with E-state index in [0.29, 0.717) is 10.6 Å². The lowest BCUT2D eigenvalue weighted by atomic mass is 10.00. The molecule has 5 heteroatoms. The largest absolute Gasteiger partial charge is 0.349 e. The summed E-state index contributed by atoms with van der Waals surface area (Å²) in [4.78, 5) is 17.0. The molecule has 0 aliphatic heterocycles. The fourth-order valence-electron chi connectivity index (χ4n) is 3.27. The van der Waals surface area contributed by atoms with Crippen LogP contribution in [0.25, 0.3) is 10.8 Å². The van der Waals surface area contributed by atoms with Crippen molar-refractivity contribution >= 4 is 28.4 Å². The smallest absolute Gasteiger partial charge is 0.230 e. The van der Waals surface area contributed by atoms with E-state index in [9.17, 15) is 10.1 Å². The number of nitrogens with zero attached hydrogens (tertiary/aromatic N) is 2. The number of carbonyl (C=O) groups excluding carboxylic acids is 1. The predicted molar refractivity (Wildman–Crippen MR) is 114 cm³/mol. The first kappa shape index (κ1) is 19.9. The number of benzene rings is 2. The minimum Gasteiger partial charge on any atom is -0.349 e. The number of nitrogens with one attached hydrogen (secondary N) is 1. The Morgan fingerprint density at radius 1 is 1.14 bits per heavy atom. The van der Waals surface area contributed by atoms with Gasteiger partial charge in [-0.3, -0.25) is 4.79 Å². The Morgan fingerprint density at radius 3 is 2.61 bits per heavy atom. The van der Waals surface area contributed by atoms with Gasteiger partial charge < -0.3 is 5.32 Å². The zero-order valence-corrected chi connectivity index (χ0v) is 17.4. The summed E-state index contributed by atoms with van der Waals surface area (Å²) in [6.07, 6.45) is 0. The topological polar surface area (TPSA) is 65.8 Å². The van der Waals surface area contributed by atoms with E-state index in [0.717, 1.165) is 33.2 Å². The van der Waals surface area contributed by atoms with Crippen molar-refractivity contribution in [3.63, 3.8) is 0 Å². The molecule has 142 valence electrons. The second kappa shape index (κ2) is 8.45. The SMILES string of the molecule is Cc1nc(SCC(=O)NC(C)c2cccc3ccccc23)c(C#N)c(C)c1C. The van der Waals surface area contributed by atoms with E-state index in [4.69, 9.17) is 0 Å². The van der Waals surface area contributed by atoms with Gasteiger partial charge in [0.25, 0.3) is 0 Å². The normalized spacial score (nSPS) is 11.8. The van der Waals surface area contributed by atoms with Crippen molar-refractivity contribution in [1.29, 1.82) is 5.26 Å². The van der Waals surface area contributed by atoms with Gasteiger partial charge in [0.15, 0.2) is 0 Å². The summed E-state index contributed by atoms with van der Waals surface area (Å²) in [5.74, 6) is 0.144. The Labute approximate surface area is 170 Å². The number of hydrogen-bond acceptors (Lipinski definition) is 4. The summed E-state index contributed by atoms with van der Waals surface area (Å²) in [6, 6.07) is 16.4. The summed E-state index contributed by atoms with van der Waals surface area (Å²) in [5.41, 5.74) is 4.50. The number of aryl methyl sites for hydroxylation is 1. The maximum atomic E-state index is 12.5. The number of hydrogen-bond donors (Lipinski definition) is 1. The molecule has 3 rings (SSSR count). The highest BCUT2D eigenvalue weighted by Gasteiger charge is 2.16. The first-order valence-corrected chi connectivity index (χ1v) is 10.2. The molecule has 0 aliphatic rings. The number of aromatic nitrogens is 1. The Kier molecular flexibility index (Phi) is 6.01. The third kappa shape index (κ3) is 4.02. The fraction of sp³-hybridized carbons (Fsp3) is 0.261. The lowest BCUT2D eigenvalue weighted by molar-refractivity contribution is -0.119. The van der Waals surface area contributed by atoms with Crippen LogP contribution >= 0.6 is 11.8 Å². The van der Waals surface area contributed by atoms with E-state index < -0.39 is 0 Å². The van der Waals surface area contributed by atoms with E-state index in [1.54, 1.807) is 0 Å². The monoisotopic (exact) mass is 389 g/mol. The van der Waals surface area contributed by atoms with Gasteiger partial charge in [0.1, 0.15) is 11.1 Å². The average Bonchev–Trinajstić information content (AvgIpc) is 2.70. The molecule has 2 aromatic carbocycles. The van der Waals surface area contributed by atoms with Crippen molar-refractivity contribution in [1.82, 2.24) is 10.3 Å². The van der Waals surface area contributed by atoms with Gasteiger partial charge in [-0.25, -0.2) is 4.98 Å². The number of amides is 1. The zero-order valence-electron chi connectivity index (χ0n) is 16.5. The van der Waals surface area contributed by atoms with Crippen LogP contribution in [-0.4, -0.2) is 16.6 Å². The van der Waals surface area contributed by atoms with Crippen molar-refractivity contribution in [2.24, 2.45) is 0 Å².